The molecule has 92 valence electrons. The maximum absolute atomic E-state index is 11.9. The first-order chi connectivity index (χ1) is 8.72. The van der Waals surface area contributed by atoms with Crippen LogP contribution in [0.25, 0.3) is 0 Å². The topological polar surface area (TPSA) is 54.0 Å². The first-order valence-corrected chi connectivity index (χ1v) is 6.68. The van der Waals surface area contributed by atoms with Gasteiger partial charge in [-0.2, -0.15) is 0 Å². The molecule has 6 heteroatoms. The standard InChI is InChI=1S/C12H10ClN3OS/c13-8-3-1-7(2-4-8)11(17)16-12-15-9-5-14-6-10(9)18-12/h1-4,14H,5-6H2,(H,15,16,17). The average Bonchev–Trinajstić information content (AvgIpc) is 2.90. The number of carbonyl (C=O) groups is 1. The quantitative estimate of drug-likeness (QED) is 0.889. The van der Waals surface area contributed by atoms with Gasteiger partial charge in [0.1, 0.15) is 0 Å². The molecule has 0 fully saturated rings. The van der Waals surface area contributed by atoms with Crippen molar-refractivity contribution in [1.29, 1.82) is 0 Å². The molecule has 1 aromatic carbocycles. The molecule has 0 saturated carbocycles. The van der Waals surface area contributed by atoms with Gasteiger partial charge in [0.15, 0.2) is 5.13 Å². The minimum Gasteiger partial charge on any atom is -0.306 e. The molecule has 4 nitrogen and oxygen atoms in total. The Morgan fingerprint density at radius 1 is 1.33 bits per heavy atom. The number of benzene rings is 1. The van der Waals surface area contributed by atoms with Crippen molar-refractivity contribution < 1.29 is 4.79 Å². The van der Waals surface area contributed by atoms with Gasteiger partial charge in [0.05, 0.1) is 5.69 Å². The number of nitrogens with zero attached hydrogens (tertiary/aromatic N) is 1. The predicted octanol–water partition coefficient (Wildman–Crippen LogP) is 2.65. The molecule has 0 bridgehead atoms. The van der Waals surface area contributed by atoms with Crippen molar-refractivity contribution in [2.75, 3.05) is 5.32 Å². The molecule has 0 unspecified atom stereocenters. The van der Waals surface area contributed by atoms with E-state index < -0.39 is 0 Å². The molecule has 3 rings (SSSR count). The predicted molar refractivity (Wildman–Crippen MR) is 72.1 cm³/mol. The van der Waals surface area contributed by atoms with Crippen molar-refractivity contribution in [3.63, 3.8) is 0 Å². The number of hydrogen-bond acceptors (Lipinski definition) is 4. The fraction of sp³-hybridized carbons (Fsp3) is 0.167. The number of anilines is 1. The van der Waals surface area contributed by atoms with Crippen LogP contribution in [-0.4, -0.2) is 10.9 Å². The lowest BCUT2D eigenvalue weighted by atomic mass is 10.2. The zero-order valence-electron chi connectivity index (χ0n) is 9.37. The molecule has 2 N–H and O–H groups in total. The Bertz CT molecular complexity index is 572. The van der Waals surface area contributed by atoms with Gasteiger partial charge in [0, 0.05) is 28.6 Å². The number of fused-ring (bicyclic) bond motifs is 1. The molecule has 1 amide bonds. The van der Waals surface area contributed by atoms with Crippen LogP contribution in [0.2, 0.25) is 5.02 Å². The summed E-state index contributed by atoms with van der Waals surface area (Å²) in [6.45, 7) is 1.62. The van der Waals surface area contributed by atoms with Gasteiger partial charge >= 0.3 is 0 Å². The Hall–Kier alpha value is -1.43. The summed E-state index contributed by atoms with van der Waals surface area (Å²) in [6.07, 6.45) is 0. The number of hydrogen-bond donors (Lipinski definition) is 2. The highest BCUT2D eigenvalue weighted by atomic mass is 35.5. The Kier molecular flexibility index (Phi) is 3.03. The van der Waals surface area contributed by atoms with Crippen LogP contribution in [0, 0.1) is 0 Å². The Morgan fingerprint density at radius 3 is 2.83 bits per heavy atom. The molecule has 0 saturated heterocycles. The van der Waals surface area contributed by atoms with E-state index in [1.54, 1.807) is 24.3 Å². The molecule has 0 atom stereocenters. The smallest absolute Gasteiger partial charge is 0.257 e. The molecule has 0 radical (unpaired) electrons. The SMILES string of the molecule is O=C(Nc1nc2c(s1)CNC2)c1ccc(Cl)cc1. The van der Waals surface area contributed by atoms with E-state index in [1.165, 1.54) is 16.2 Å². The van der Waals surface area contributed by atoms with Crippen LogP contribution in [0.1, 0.15) is 20.9 Å². The summed E-state index contributed by atoms with van der Waals surface area (Å²) in [4.78, 5) is 17.5. The van der Waals surface area contributed by atoms with Crippen LogP contribution in [0.3, 0.4) is 0 Å². The zero-order chi connectivity index (χ0) is 12.5. The first kappa shape index (κ1) is 11.6. The molecule has 1 aliphatic rings. The molecule has 18 heavy (non-hydrogen) atoms. The molecular weight excluding hydrogens is 270 g/mol. The Balaban J connectivity index is 1.75. The molecular formula is C12H10ClN3OS. The molecule has 1 aromatic heterocycles. The highest BCUT2D eigenvalue weighted by Gasteiger charge is 2.17. The lowest BCUT2D eigenvalue weighted by Gasteiger charge is -2.01. The second-order valence-corrected chi connectivity index (χ2v) is 5.47. The monoisotopic (exact) mass is 279 g/mol. The number of thiazole rings is 1. The molecule has 2 aromatic rings. The lowest BCUT2D eigenvalue weighted by Crippen LogP contribution is -2.12. The van der Waals surface area contributed by atoms with Crippen molar-refractivity contribution in [2.45, 2.75) is 13.1 Å². The van der Waals surface area contributed by atoms with E-state index in [4.69, 9.17) is 11.6 Å². The molecule has 1 aliphatic heterocycles. The number of carbonyl (C=O) groups excluding carboxylic acids is 1. The Labute approximate surface area is 113 Å². The fourth-order valence-electron chi connectivity index (χ4n) is 1.78. The third-order valence-corrected chi connectivity index (χ3v) is 3.95. The number of nitrogens with one attached hydrogen (secondary N) is 2. The van der Waals surface area contributed by atoms with Gasteiger partial charge in [-0.3, -0.25) is 10.1 Å². The van der Waals surface area contributed by atoms with Crippen molar-refractivity contribution in [3.05, 3.63) is 45.4 Å². The highest BCUT2D eigenvalue weighted by Crippen LogP contribution is 2.26. The summed E-state index contributed by atoms with van der Waals surface area (Å²) in [7, 11) is 0. The van der Waals surface area contributed by atoms with Gasteiger partial charge in [-0.25, -0.2) is 4.98 Å². The summed E-state index contributed by atoms with van der Waals surface area (Å²) < 4.78 is 0. The largest absolute Gasteiger partial charge is 0.306 e. The van der Waals surface area contributed by atoms with Crippen LogP contribution in [-0.2, 0) is 13.1 Å². The van der Waals surface area contributed by atoms with E-state index in [-0.39, 0.29) is 5.91 Å². The molecule has 0 aliphatic carbocycles. The van der Waals surface area contributed by atoms with Crippen LogP contribution in [0.5, 0.6) is 0 Å². The third kappa shape index (κ3) is 2.25. The van der Waals surface area contributed by atoms with E-state index in [0.29, 0.717) is 15.7 Å². The number of amides is 1. The van der Waals surface area contributed by atoms with E-state index in [1.807, 2.05) is 0 Å². The van der Waals surface area contributed by atoms with E-state index >= 15 is 0 Å². The van der Waals surface area contributed by atoms with Gasteiger partial charge in [-0.1, -0.05) is 11.6 Å². The van der Waals surface area contributed by atoms with Gasteiger partial charge in [0.25, 0.3) is 5.91 Å². The van der Waals surface area contributed by atoms with Crippen LogP contribution in [0.4, 0.5) is 5.13 Å². The molecule has 2 heterocycles. The summed E-state index contributed by atoms with van der Waals surface area (Å²) >= 11 is 7.29. The van der Waals surface area contributed by atoms with Crippen molar-refractivity contribution in [1.82, 2.24) is 10.3 Å². The van der Waals surface area contributed by atoms with E-state index in [2.05, 4.69) is 15.6 Å². The van der Waals surface area contributed by atoms with Crippen LogP contribution < -0.4 is 10.6 Å². The molecule has 0 spiro atoms. The number of aromatic nitrogens is 1. The van der Waals surface area contributed by atoms with E-state index in [9.17, 15) is 4.79 Å². The van der Waals surface area contributed by atoms with Crippen molar-refractivity contribution >= 4 is 34.0 Å². The third-order valence-electron chi connectivity index (χ3n) is 2.68. The van der Waals surface area contributed by atoms with Crippen LogP contribution in [0.15, 0.2) is 24.3 Å². The van der Waals surface area contributed by atoms with E-state index in [0.717, 1.165) is 18.8 Å². The van der Waals surface area contributed by atoms with Crippen molar-refractivity contribution in [2.24, 2.45) is 0 Å². The zero-order valence-corrected chi connectivity index (χ0v) is 10.9. The minimum absolute atomic E-state index is 0.160. The van der Waals surface area contributed by atoms with Gasteiger partial charge in [-0.05, 0) is 24.3 Å². The van der Waals surface area contributed by atoms with Crippen LogP contribution >= 0.6 is 22.9 Å². The highest BCUT2D eigenvalue weighted by molar-refractivity contribution is 7.15. The second kappa shape index (κ2) is 4.68. The Morgan fingerprint density at radius 2 is 2.11 bits per heavy atom. The fourth-order valence-corrected chi connectivity index (χ4v) is 2.85. The number of halogens is 1. The van der Waals surface area contributed by atoms with Crippen molar-refractivity contribution in [3.8, 4) is 0 Å². The maximum atomic E-state index is 11.9. The summed E-state index contributed by atoms with van der Waals surface area (Å²) in [6, 6.07) is 6.78. The summed E-state index contributed by atoms with van der Waals surface area (Å²) in [5, 5.41) is 7.28. The average molecular weight is 280 g/mol. The second-order valence-electron chi connectivity index (χ2n) is 3.95. The normalized spacial score (nSPS) is 13.4. The van der Waals surface area contributed by atoms with Gasteiger partial charge < -0.3 is 5.32 Å². The summed E-state index contributed by atoms with van der Waals surface area (Å²) in [5.74, 6) is -0.160. The maximum Gasteiger partial charge on any atom is 0.257 e. The first-order valence-electron chi connectivity index (χ1n) is 5.48. The minimum atomic E-state index is -0.160. The summed E-state index contributed by atoms with van der Waals surface area (Å²) in [5.41, 5.74) is 1.61. The lowest BCUT2D eigenvalue weighted by molar-refractivity contribution is 0.102. The van der Waals surface area contributed by atoms with Gasteiger partial charge in [0.2, 0.25) is 0 Å². The van der Waals surface area contributed by atoms with Gasteiger partial charge in [-0.15, -0.1) is 11.3 Å². The number of rotatable bonds is 2.